The van der Waals surface area contributed by atoms with Crippen LogP contribution in [0.5, 0.6) is 0 Å². The van der Waals surface area contributed by atoms with Crippen molar-refractivity contribution in [1.82, 2.24) is 0 Å². The Hall–Kier alpha value is -2.26. The molecule has 2 rings (SSSR count). The second kappa shape index (κ2) is 4.89. The number of halogens is 7. The Labute approximate surface area is 117 Å². The normalized spacial score (nSPS) is 13.4. The van der Waals surface area contributed by atoms with Crippen LogP contribution in [0.2, 0.25) is 0 Å². The van der Waals surface area contributed by atoms with Gasteiger partial charge < -0.3 is 8.83 Å². The molecular weight excluding hydrogens is 325 g/mol. The van der Waals surface area contributed by atoms with Gasteiger partial charge in [-0.2, -0.15) is 30.7 Å². The third kappa shape index (κ3) is 2.48. The molecule has 10 heteroatoms. The minimum atomic E-state index is -6.50. The first-order valence-corrected chi connectivity index (χ1v) is 5.49. The fraction of sp³-hybridized carbons (Fsp3) is 0.250. The van der Waals surface area contributed by atoms with Crippen LogP contribution in [-0.2, 0) is 5.92 Å². The smallest absolute Gasteiger partial charge is 0.460 e. The summed E-state index contributed by atoms with van der Waals surface area (Å²) in [5, 5.41) is 0. The molecule has 0 saturated carbocycles. The van der Waals surface area contributed by atoms with Gasteiger partial charge in [0.2, 0.25) is 0 Å². The van der Waals surface area contributed by atoms with Gasteiger partial charge in [0.05, 0.1) is 6.26 Å². The quantitative estimate of drug-likeness (QED) is 0.793. The van der Waals surface area contributed by atoms with Gasteiger partial charge in [-0.05, 0) is 18.2 Å². The van der Waals surface area contributed by atoms with Gasteiger partial charge in [0.1, 0.15) is 0 Å². The van der Waals surface area contributed by atoms with Crippen LogP contribution in [0.25, 0.3) is 11.5 Å². The summed E-state index contributed by atoms with van der Waals surface area (Å²) in [5.74, 6) is -13.0. The van der Waals surface area contributed by atoms with E-state index in [9.17, 15) is 35.5 Å². The van der Waals surface area contributed by atoms with Gasteiger partial charge in [-0.1, -0.05) is 0 Å². The molecule has 22 heavy (non-hydrogen) atoms. The largest absolute Gasteiger partial charge is 0.461 e. The molecule has 2 aromatic heterocycles. The highest BCUT2D eigenvalue weighted by Crippen LogP contribution is 2.51. The molecule has 3 nitrogen and oxygen atoms in total. The van der Waals surface area contributed by atoms with E-state index >= 15 is 0 Å². The molecule has 0 aromatic carbocycles. The minimum absolute atomic E-state index is 0.133. The van der Waals surface area contributed by atoms with E-state index in [2.05, 4.69) is 4.42 Å². The zero-order chi connectivity index (χ0) is 16.8. The zero-order valence-corrected chi connectivity index (χ0v) is 10.3. The third-order valence-electron chi connectivity index (χ3n) is 2.65. The molecule has 0 atom stereocenters. The summed E-state index contributed by atoms with van der Waals surface area (Å²) in [6.07, 6.45) is -5.44. The summed E-state index contributed by atoms with van der Waals surface area (Å²) in [6, 6.07) is 2.47. The van der Waals surface area contributed by atoms with E-state index < -0.39 is 35.0 Å². The van der Waals surface area contributed by atoms with Gasteiger partial charge in [0, 0.05) is 11.6 Å². The molecule has 0 spiro atoms. The monoisotopic (exact) mass is 330 g/mol. The standard InChI is InChI=1S/C12H5F7O3/c13-10(14,11(15,16)12(17,18)19)6-4-8(22-9(20)5-6)7-2-1-3-21-7/h1-5H. The second-order valence-corrected chi connectivity index (χ2v) is 4.15. The topological polar surface area (TPSA) is 43.4 Å². The lowest BCUT2D eigenvalue weighted by Crippen LogP contribution is -2.50. The molecule has 0 fully saturated rings. The summed E-state index contributed by atoms with van der Waals surface area (Å²) in [7, 11) is 0. The van der Waals surface area contributed by atoms with E-state index in [1.54, 1.807) is 0 Å². The molecule has 0 bridgehead atoms. The van der Waals surface area contributed by atoms with Gasteiger partial charge in [-0.15, -0.1) is 0 Å². The predicted octanol–water partition coefficient (Wildman–Crippen LogP) is 4.19. The lowest BCUT2D eigenvalue weighted by molar-refractivity contribution is -0.359. The second-order valence-electron chi connectivity index (χ2n) is 4.15. The number of hydrogen-bond acceptors (Lipinski definition) is 3. The molecule has 120 valence electrons. The first kappa shape index (κ1) is 16.1. The fourth-order valence-corrected chi connectivity index (χ4v) is 1.56. The zero-order valence-electron chi connectivity index (χ0n) is 10.3. The molecule has 2 aromatic rings. The Kier molecular flexibility index (Phi) is 3.58. The molecule has 0 amide bonds. The molecule has 0 aliphatic rings. The van der Waals surface area contributed by atoms with Crippen LogP contribution in [0, 0.1) is 0 Å². The third-order valence-corrected chi connectivity index (χ3v) is 2.65. The van der Waals surface area contributed by atoms with E-state index in [4.69, 9.17) is 4.42 Å². The Morgan fingerprint density at radius 3 is 2.05 bits per heavy atom. The van der Waals surface area contributed by atoms with Gasteiger partial charge in [-0.3, -0.25) is 0 Å². The summed E-state index contributed by atoms with van der Waals surface area (Å²) >= 11 is 0. The van der Waals surface area contributed by atoms with Crippen molar-refractivity contribution in [2.45, 2.75) is 18.0 Å². The van der Waals surface area contributed by atoms with E-state index in [1.165, 1.54) is 6.07 Å². The van der Waals surface area contributed by atoms with E-state index in [0.717, 1.165) is 12.3 Å². The highest BCUT2D eigenvalue weighted by atomic mass is 19.4. The maximum absolute atomic E-state index is 13.6. The Morgan fingerprint density at radius 2 is 1.55 bits per heavy atom. The first-order valence-electron chi connectivity index (χ1n) is 5.49. The minimum Gasteiger partial charge on any atom is -0.461 e. The number of furan rings is 1. The van der Waals surface area contributed by atoms with Crippen LogP contribution in [-0.4, -0.2) is 12.1 Å². The molecule has 0 saturated heterocycles. The van der Waals surface area contributed by atoms with Crippen molar-refractivity contribution in [2.75, 3.05) is 0 Å². The molecule has 0 unspecified atom stereocenters. The van der Waals surface area contributed by atoms with Gasteiger partial charge in [0.15, 0.2) is 11.5 Å². The first-order chi connectivity index (χ1) is 9.97. The molecule has 0 N–H and O–H groups in total. The maximum atomic E-state index is 13.6. The van der Waals surface area contributed by atoms with Crippen LogP contribution >= 0.6 is 0 Å². The summed E-state index contributed by atoms with van der Waals surface area (Å²) in [4.78, 5) is 11.2. The molecule has 0 radical (unpaired) electrons. The number of hydrogen-bond donors (Lipinski definition) is 0. The average Bonchev–Trinajstić information content (AvgIpc) is 2.90. The lowest BCUT2D eigenvalue weighted by atomic mass is 10.0. The Bertz CT molecular complexity index is 713. The van der Waals surface area contributed by atoms with Crippen LogP contribution < -0.4 is 5.63 Å². The van der Waals surface area contributed by atoms with Crippen molar-refractivity contribution >= 4 is 0 Å². The molecule has 0 aliphatic carbocycles. The lowest BCUT2D eigenvalue weighted by Gasteiger charge is -2.28. The number of rotatable bonds is 3. The average molecular weight is 330 g/mol. The molecule has 2 heterocycles. The van der Waals surface area contributed by atoms with Crippen molar-refractivity contribution in [2.24, 2.45) is 0 Å². The predicted molar refractivity (Wildman–Crippen MR) is 57.6 cm³/mol. The van der Waals surface area contributed by atoms with E-state index in [0.29, 0.717) is 0 Å². The fourth-order valence-electron chi connectivity index (χ4n) is 1.56. The van der Waals surface area contributed by atoms with Crippen molar-refractivity contribution in [3.63, 3.8) is 0 Å². The number of alkyl halides is 7. The van der Waals surface area contributed by atoms with E-state index in [-0.39, 0.29) is 17.9 Å². The Balaban J connectivity index is 2.60. The summed E-state index contributed by atoms with van der Waals surface area (Å²) < 4.78 is 98.6. The van der Waals surface area contributed by atoms with Crippen LogP contribution in [0.4, 0.5) is 30.7 Å². The van der Waals surface area contributed by atoms with Crippen molar-refractivity contribution < 1.29 is 39.6 Å². The molecular formula is C12H5F7O3. The van der Waals surface area contributed by atoms with Crippen molar-refractivity contribution in [1.29, 1.82) is 0 Å². The van der Waals surface area contributed by atoms with Gasteiger partial charge >= 0.3 is 23.6 Å². The summed E-state index contributed by atoms with van der Waals surface area (Å²) in [5.41, 5.74) is -3.36. The van der Waals surface area contributed by atoms with Crippen molar-refractivity contribution in [3.05, 3.63) is 46.5 Å². The summed E-state index contributed by atoms with van der Waals surface area (Å²) in [6.45, 7) is 0. The van der Waals surface area contributed by atoms with Gasteiger partial charge in [-0.25, -0.2) is 4.79 Å². The SMILES string of the molecule is O=c1cc(C(F)(F)C(F)(F)C(F)(F)F)cc(-c2ccco2)o1. The maximum Gasteiger partial charge on any atom is 0.460 e. The van der Waals surface area contributed by atoms with Crippen LogP contribution in [0.15, 0.2) is 44.2 Å². The van der Waals surface area contributed by atoms with Crippen LogP contribution in [0.1, 0.15) is 5.56 Å². The van der Waals surface area contributed by atoms with E-state index in [1.807, 2.05) is 0 Å². The molecule has 0 aliphatic heterocycles. The van der Waals surface area contributed by atoms with Crippen LogP contribution in [0.3, 0.4) is 0 Å². The Morgan fingerprint density at radius 1 is 0.909 bits per heavy atom. The highest BCUT2D eigenvalue weighted by molar-refractivity contribution is 5.50. The van der Waals surface area contributed by atoms with Crippen molar-refractivity contribution in [3.8, 4) is 11.5 Å². The van der Waals surface area contributed by atoms with Gasteiger partial charge in [0.25, 0.3) is 0 Å². The highest BCUT2D eigenvalue weighted by Gasteiger charge is 2.73.